The van der Waals surface area contributed by atoms with Gasteiger partial charge in [0, 0.05) is 6.20 Å². The van der Waals surface area contributed by atoms with Gasteiger partial charge >= 0.3 is 12.0 Å². The van der Waals surface area contributed by atoms with E-state index in [9.17, 15) is 18.7 Å². The smallest absolute Gasteiger partial charge is 0.325 e. The fourth-order valence-corrected chi connectivity index (χ4v) is 4.31. The lowest BCUT2D eigenvalue weighted by Gasteiger charge is -2.32. The number of amidine groups is 1. The highest BCUT2D eigenvalue weighted by Gasteiger charge is 2.61. The number of urea groups is 1. The molecule has 0 aromatic rings. The summed E-state index contributed by atoms with van der Waals surface area (Å²) in [6, 6.07) is -1.01. The van der Waals surface area contributed by atoms with Crippen LogP contribution in [0.25, 0.3) is 0 Å². The third-order valence-corrected chi connectivity index (χ3v) is 6.61. The van der Waals surface area contributed by atoms with Gasteiger partial charge in [-0.25, -0.2) is 9.79 Å². The molecule has 4 atom stereocenters. The molecule has 0 saturated carbocycles. The number of halogens is 2. The molecule has 1 saturated heterocycles. The van der Waals surface area contributed by atoms with Crippen molar-refractivity contribution in [3.63, 3.8) is 0 Å². The second-order valence-electron chi connectivity index (χ2n) is 9.87. The van der Waals surface area contributed by atoms with Crippen LogP contribution in [-0.4, -0.2) is 70.9 Å². The molecule has 0 bridgehead atoms. The van der Waals surface area contributed by atoms with Crippen molar-refractivity contribution in [3.8, 4) is 0 Å². The second kappa shape index (κ2) is 18.0. The van der Waals surface area contributed by atoms with E-state index in [0.717, 1.165) is 38.3 Å². The van der Waals surface area contributed by atoms with Crippen LogP contribution in [0.2, 0.25) is 0 Å². The molecule has 0 aliphatic carbocycles. The molecular formula is C28H46F2N4O5. The molecule has 2 rings (SSSR count). The first-order valence-corrected chi connectivity index (χ1v) is 14.2. The largest absolute Gasteiger partial charge is 0.465 e. The standard InChI is InChI=1S/C28H46F2N4O5/c1-2-3-4-5-6-7-8-9-10-11-12-13-14-15-16-17-20-38-26(31)32-23-18-19-34(27(37)33-23)25-28(29,30)24(36)22(21-35)39-25/h6-7,9-10,18-19,22-25,35-36H,2-5,8,11-17,20-21H2,1H3,(H2,31,32)(H,33,37)/t22-,23?,24-,25-/m1/s1. The third-order valence-electron chi connectivity index (χ3n) is 6.61. The number of alkyl halides is 2. The number of allylic oxidation sites excluding steroid dienone is 4. The lowest BCUT2D eigenvalue weighted by Crippen LogP contribution is -2.55. The van der Waals surface area contributed by atoms with Crippen LogP contribution >= 0.6 is 0 Å². The van der Waals surface area contributed by atoms with Gasteiger partial charge in [-0.15, -0.1) is 0 Å². The van der Waals surface area contributed by atoms with E-state index in [1.165, 1.54) is 51.0 Å². The number of aliphatic hydroxyl groups is 2. The Morgan fingerprint density at radius 2 is 1.77 bits per heavy atom. The molecule has 0 spiro atoms. The monoisotopic (exact) mass is 556 g/mol. The molecule has 2 amide bonds. The maximum Gasteiger partial charge on any atom is 0.325 e. The van der Waals surface area contributed by atoms with Gasteiger partial charge in [-0.1, -0.05) is 69.8 Å². The fourth-order valence-electron chi connectivity index (χ4n) is 4.31. The zero-order valence-electron chi connectivity index (χ0n) is 23.0. The third kappa shape index (κ3) is 11.3. The summed E-state index contributed by atoms with van der Waals surface area (Å²) in [4.78, 5) is 17.0. The van der Waals surface area contributed by atoms with Crippen LogP contribution in [0.1, 0.15) is 84.0 Å². The predicted octanol–water partition coefficient (Wildman–Crippen LogP) is 4.71. The van der Waals surface area contributed by atoms with Gasteiger partial charge in [0.1, 0.15) is 12.3 Å². The first kappa shape index (κ1) is 32.7. The van der Waals surface area contributed by atoms with Crippen molar-refractivity contribution in [2.45, 2.75) is 114 Å². The summed E-state index contributed by atoms with van der Waals surface area (Å²) in [6.07, 6.45) is 18.5. The summed E-state index contributed by atoms with van der Waals surface area (Å²) in [5.74, 6) is -3.75. The van der Waals surface area contributed by atoms with Crippen molar-refractivity contribution in [2.24, 2.45) is 10.7 Å². The highest BCUT2D eigenvalue weighted by Crippen LogP contribution is 2.38. The molecular weight excluding hydrogens is 510 g/mol. The quantitative estimate of drug-likeness (QED) is 0.0838. The Balaban J connectivity index is 1.54. The van der Waals surface area contributed by atoms with Crippen LogP contribution in [-0.2, 0) is 9.47 Å². The van der Waals surface area contributed by atoms with Crippen molar-refractivity contribution in [2.75, 3.05) is 13.2 Å². The number of carbonyl (C=O) groups is 1. The van der Waals surface area contributed by atoms with E-state index in [4.69, 9.17) is 20.3 Å². The van der Waals surface area contributed by atoms with Gasteiger partial charge in [-0.05, 0) is 44.6 Å². The number of aliphatic imine (C=N–C) groups is 1. The first-order valence-electron chi connectivity index (χ1n) is 14.2. The number of aliphatic hydroxyl groups excluding tert-OH is 2. The lowest BCUT2D eigenvalue weighted by molar-refractivity contribution is -0.145. The molecule has 2 heterocycles. The summed E-state index contributed by atoms with van der Waals surface area (Å²) < 4.78 is 39.0. The molecule has 0 aromatic carbocycles. The average molecular weight is 557 g/mol. The summed E-state index contributed by atoms with van der Waals surface area (Å²) in [5.41, 5.74) is 5.78. The number of nitrogens with zero attached hydrogens (tertiary/aromatic N) is 2. The van der Waals surface area contributed by atoms with Gasteiger partial charge in [0.05, 0.1) is 13.2 Å². The Bertz CT molecular complexity index is 837. The van der Waals surface area contributed by atoms with E-state index >= 15 is 0 Å². The van der Waals surface area contributed by atoms with Gasteiger partial charge in [-0.3, -0.25) is 4.90 Å². The molecule has 0 radical (unpaired) electrons. The maximum absolute atomic E-state index is 14.3. The van der Waals surface area contributed by atoms with Gasteiger partial charge in [0.2, 0.25) is 6.23 Å². The minimum absolute atomic E-state index is 0.112. The van der Waals surface area contributed by atoms with Crippen molar-refractivity contribution in [1.29, 1.82) is 0 Å². The van der Waals surface area contributed by atoms with Gasteiger partial charge < -0.3 is 30.7 Å². The van der Waals surface area contributed by atoms with Crippen LogP contribution in [0.5, 0.6) is 0 Å². The van der Waals surface area contributed by atoms with Gasteiger partial charge in [0.25, 0.3) is 6.02 Å². The van der Waals surface area contributed by atoms with E-state index in [-0.39, 0.29) is 6.02 Å². The molecule has 39 heavy (non-hydrogen) atoms. The Labute approximate surface area is 230 Å². The van der Waals surface area contributed by atoms with E-state index < -0.39 is 43.2 Å². The molecule has 9 nitrogen and oxygen atoms in total. The number of nitrogens with one attached hydrogen (secondary N) is 1. The number of carbonyl (C=O) groups excluding carboxylic acids is 1. The lowest BCUT2D eigenvalue weighted by atomic mass is 10.1. The van der Waals surface area contributed by atoms with Crippen molar-refractivity contribution in [1.82, 2.24) is 10.2 Å². The summed E-state index contributed by atoms with van der Waals surface area (Å²) in [6.45, 7) is 1.81. The molecule has 1 unspecified atom stereocenters. The van der Waals surface area contributed by atoms with Crippen LogP contribution in [0, 0.1) is 0 Å². The van der Waals surface area contributed by atoms with Crippen LogP contribution in [0.4, 0.5) is 13.6 Å². The van der Waals surface area contributed by atoms with Crippen LogP contribution < -0.4 is 11.1 Å². The normalized spacial score (nSPS) is 25.2. The Morgan fingerprint density at radius 3 is 2.38 bits per heavy atom. The minimum Gasteiger partial charge on any atom is -0.465 e. The number of hydrogen-bond acceptors (Lipinski definition) is 6. The number of amides is 2. The van der Waals surface area contributed by atoms with Crippen molar-refractivity contribution < 1.29 is 33.3 Å². The average Bonchev–Trinajstić information content (AvgIpc) is 3.14. The Morgan fingerprint density at radius 1 is 1.13 bits per heavy atom. The number of unbranched alkanes of at least 4 members (excludes halogenated alkanes) is 9. The highest BCUT2D eigenvalue weighted by atomic mass is 19.3. The van der Waals surface area contributed by atoms with Crippen molar-refractivity contribution in [3.05, 3.63) is 36.6 Å². The van der Waals surface area contributed by atoms with E-state index in [1.807, 2.05) is 0 Å². The summed E-state index contributed by atoms with van der Waals surface area (Å²) in [7, 11) is 0. The maximum atomic E-state index is 14.3. The Kier molecular flexibility index (Phi) is 15.1. The number of nitrogens with two attached hydrogens (primary N) is 1. The van der Waals surface area contributed by atoms with E-state index in [1.54, 1.807) is 0 Å². The Hall–Kier alpha value is -2.50. The molecule has 222 valence electrons. The zero-order valence-corrected chi connectivity index (χ0v) is 23.0. The number of ether oxygens (including phenoxy) is 2. The number of rotatable bonds is 18. The van der Waals surface area contributed by atoms with E-state index in [2.05, 4.69) is 41.5 Å². The summed E-state index contributed by atoms with van der Waals surface area (Å²) in [5, 5.41) is 21.1. The molecule has 2 aliphatic rings. The molecule has 1 fully saturated rings. The zero-order chi connectivity index (χ0) is 28.5. The molecule has 2 aliphatic heterocycles. The minimum atomic E-state index is -3.75. The number of hydrogen-bond donors (Lipinski definition) is 4. The van der Waals surface area contributed by atoms with Crippen LogP contribution in [0.15, 0.2) is 41.6 Å². The molecule has 11 heteroatoms. The molecule has 5 N–H and O–H groups in total. The SMILES string of the molecule is CCCCCC=CCC=CCCCCCCCCOC(N)=NC1C=CN([C@@H]2O[C@H](CO)[C@@H](O)C2(F)F)C(=O)N1. The second-order valence-corrected chi connectivity index (χ2v) is 9.87. The highest BCUT2D eigenvalue weighted by molar-refractivity contribution is 5.78. The van der Waals surface area contributed by atoms with E-state index in [0.29, 0.717) is 11.5 Å². The van der Waals surface area contributed by atoms with Crippen LogP contribution in [0.3, 0.4) is 0 Å². The van der Waals surface area contributed by atoms with Crippen molar-refractivity contribution >= 4 is 12.1 Å². The fraction of sp³-hybridized carbons (Fsp3) is 0.714. The topological polar surface area (TPSA) is 130 Å². The molecule has 0 aromatic heterocycles. The predicted molar refractivity (Wildman–Crippen MR) is 147 cm³/mol. The first-order chi connectivity index (χ1) is 18.8. The van der Waals surface area contributed by atoms with Gasteiger partial charge in [0.15, 0.2) is 6.10 Å². The van der Waals surface area contributed by atoms with Gasteiger partial charge in [-0.2, -0.15) is 8.78 Å². The summed E-state index contributed by atoms with van der Waals surface area (Å²) >= 11 is 0.